The summed E-state index contributed by atoms with van der Waals surface area (Å²) in [6.45, 7) is 3.47. The predicted octanol–water partition coefficient (Wildman–Crippen LogP) is 1.91. The lowest BCUT2D eigenvalue weighted by Gasteiger charge is -2.26. The zero-order valence-electron chi connectivity index (χ0n) is 9.77. The maximum absolute atomic E-state index is 5.90. The van der Waals surface area contributed by atoms with Gasteiger partial charge in [-0.05, 0) is 43.7 Å². The highest BCUT2D eigenvalue weighted by molar-refractivity contribution is 6.28. The Morgan fingerprint density at radius 2 is 2.24 bits per heavy atom. The van der Waals surface area contributed by atoms with Crippen molar-refractivity contribution < 1.29 is 4.74 Å². The van der Waals surface area contributed by atoms with Crippen molar-refractivity contribution in [3.8, 4) is 6.01 Å². The molecule has 17 heavy (non-hydrogen) atoms. The second-order valence-electron chi connectivity index (χ2n) is 4.61. The van der Waals surface area contributed by atoms with E-state index in [0.717, 1.165) is 12.5 Å². The number of anilines is 1. The van der Waals surface area contributed by atoms with Gasteiger partial charge in [-0.25, -0.2) is 0 Å². The Morgan fingerprint density at radius 1 is 1.35 bits per heavy atom. The molecule has 1 saturated heterocycles. The maximum Gasteiger partial charge on any atom is 0.322 e. The van der Waals surface area contributed by atoms with Crippen LogP contribution in [0.15, 0.2) is 0 Å². The molecule has 1 aromatic rings. The van der Waals surface area contributed by atoms with Crippen molar-refractivity contribution in [1.82, 2.24) is 15.0 Å². The van der Waals surface area contributed by atoms with Crippen LogP contribution in [0.25, 0.3) is 0 Å². The number of nitrogens with zero attached hydrogens (tertiary/aromatic N) is 4. The summed E-state index contributed by atoms with van der Waals surface area (Å²) in [7, 11) is 0. The van der Waals surface area contributed by atoms with Crippen LogP contribution < -0.4 is 9.64 Å². The van der Waals surface area contributed by atoms with Crippen LogP contribution >= 0.6 is 11.6 Å². The molecule has 0 radical (unpaired) electrons. The van der Waals surface area contributed by atoms with Crippen LogP contribution in [-0.4, -0.2) is 34.1 Å². The van der Waals surface area contributed by atoms with E-state index in [2.05, 4.69) is 19.9 Å². The molecule has 2 unspecified atom stereocenters. The van der Waals surface area contributed by atoms with Gasteiger partial charge in [0.15, 0.2) is 0 Å². The molecule has 2 bridgehead atoms. The van der Waals surface area contributed by atoms with Gasteiger partial charge in [0.25, 0.3) is 0 Å². The van der Waals surface area contributed by atoms with Gasteiger partial charge in [0.2, 0.25) is 11.2 Å². The van der Waals surface area contributed by atoms with E-state index < -0.39 is 0 Å². The van der Waals surface area contributed by atoms with E-state index in [1.807, 2.05) is 6.92 Å². The van der Waals surface area contributed by atoms with Crippen molar-refractivity contribution in [2.24, 2.45) is 5.92 Å². The average molecular weight is 255 g/mol. The Kier molecular flexibility index (Phi) is 2.78. The molecule has 0 aromatic carbocycles. The summed E-state index contributed by atoms with van der Waals surface area (Å²) in [6.07, 6.45) is 3.82. The van der Waals surface area contributed by atoms with E-state index in [-0.39, 0.29) is 5.28 Å². The molecular weight excluding hydrogens is 240 g/mol. The molecule has 2 fully saturated rings. The number of hydrogen-bond acceptors (Lipinski definition) is 5. The summed E-state index contributed by atoms with van der Waals surface area (Å²) in [5.74, 6) is 1.46. The first-order valence-electron chi connectivity index (χ1n) is 6.07. The number of fused-ring (bicyclic) bond motifs is 2. The molecule has 2 heterocycles. The van der Waals surface area contributed by atoms with Gasteiger partial charge in [-0.3, -0.25) is 0 Å². The van der Waals surface area contributed by atoms with Crippen molar-refractivity contribution >= 4 is 17.5 Å². The molecule has 0 N–H and O–H groups in total. The highest BCUT2D eigenvalue weighted by Gasteiger charge is 2.39. The zero-order valence-corrected chi connectivity index (χ0v) is 10.5. The van der Waals surface area contributed by atoms with E-state index in [1.165, 1.54) is 19.3 Å². The third-order valence-electron chi connectivity index (χ3n) is 3.52. The van der Waals surface area contributed by atoms with Gasteiger partial charge >= 0.3 is 6.01 Å². The van der Waals surface area contributed by atoms with Gasteiger partial charge in [0, 0.05) is 12.6 Å². The van der Waals surface area contributed by atoms with Crippen LogP contribution in [0.4, 0.5) is 5.95 Å². The van der Waals surface area contributed by atoms with Crippen molar-refractivity contribution in [2.75, 3.05) is 18.1 Å². The number of rotatable bonds is 3. The molecular formula is C11H15ClN4O. The molecule has 2 atom stereocenters. The molecule has 5 nitrogen and oxygen atoms in total. The fourth-order valence-corrected chi connectivity index (χ4v) is 2.96. The van der Waals surface area contributed by atoms with Gasteiger partial charge in [-0.15, -0.1) is 0 Å². The third kappa shape index (κ3) is 2.04. The van der Waals surface area contributed by atoms with E-state index in [9.17, 15) is 0 Å². The monoisotopic (exact) mass is 254 g/mol. The van der Waals surface area contributed by atoms with E-state index in [0.29, 0.717) is 24.6 Å². The van der Waals surface area contributed by atoms with Crippen molar-refractivity contribution in [3.63, 3.8) is 0 Å². The second kappa shape index (κ2) is 4.29. The number of aromatic nitrogens is 3. The smallest absolute Gasteiger partial charge is 0.322 e. The summed E-state index contributed by atoms with van der Waals surface area (Å²) in [6, 6.07) is 0.901. The fourth-order valence-electron chi connectivity index (χ4n) is 2.81. The quantitative estimate of drug-likeness (QED) is 0.825. The number of ether oxygens (including phenoxy) is 1. The van der Waals surface area contributed by atoms with Gasteiger partial charge in [0.05, 0.1) is 6.61 Å². The summed E-state index contributed by atoms with van der Waals surface area (Å²) >= 11 is 5.90. The van der Waals surface area contributed by atoms with Crippen molar-refractivity contribution in [2.45, 2.75) is 32.2 Å². The van der Waals surface area contributed by atoms with Gasteiger partial charge in [0.1, 0.15) is 0 Å². The topological polar surface area (TPSA) is 51.1 Å². The third-order valence-corrected chi connectivity index (χ3v) is 3.68. The minimum atomic E-state index is 0.209. The Balaban J connectivity index is 1.87. The van der Waals surface area contributed by atoms with E-state index >= 15 is 0 Å². The first kappa shape index (κ1) is 11.0. The molecule has 1 aliphatic carbocycles. The van der Waals surface area contributed by atoms with Crippen LogP contribution in [0.2, 0.25) is 5.28 Å². The van der Waals surface area contributed by atoms with Crippen LogP contribution in [0.1, 0.15) is 26.2 Å². The van der Waals surface area contributed by atoms with Crippen molar-refractivity contribution in [1.29, 1.82) is 0 Å². The minimum Gasteiger partial charge on any atom is -0.464 e. The Morgan fingerprint density at radius 3 is 2.88 bits per heavy atom. The largest absolute Gasteiger partial charge is 0.464 e. The lowest BCUT2D eigenvalue weighted by molar-refractivity contribution is 0.311. The predicted molar refractivity (Wildman–Crippen MR) is 64.5 cm³/mol. The lowest BCUT2D eigenvalue weighted by Crippen LogP contribution is -2.33. The maximum atomic E-state index is 5.90. The molecule has 1 aromatic heterocycles. The SMILES string of the molecule is CCOc1nc(Cl)nc(N2CC3CCC2C3)n1. The first-order chi connectivity index (χ1) is 8.26. The molecule has 0 spiro atoms. The summed E-state index contributed by atoms with van der Waals surface area (Å²) in [4.78, 5) is 14.7. The van der Waals surface area contributed by atoms with Gasteiger partial charge in [-0.2, -0.15) is 15.0 Å². The van der Waals surface area contributed by atoms with Crippen LogP contribution in [0, 0.1) is 5.92 Å². The molecule has 0 amide bonds. The normalized spacial score (nSPS) is 26.6. The number of hydrogen-bond donors (Lipinski definition) is 0. The summed E-state index contributed by atoms with van der Waals surface area (Å²) < 4.78 is 5.29. The highest BCUT2D eigenvalue weighted by atomic mass is 35.5. The van der Waals surface area contributed by atoms with Crippen molar-refractivity contribution in [3.05, 3.63) is 5.28 Å². The molecule has 6 heteroatoms. The molecule has 2 aliphatic rings. The molecule has 1 aliphatic heterocycles. The summed E-state index contributed by atoms with van der Waals surface area (Å²) in [5.41, 5.74) is 0. The first-order valence-corrected chi connectivity index (χ1v) is 6.45. The Bertz CT molecular complexity index is 428. The van der Waals surface area contributed by atoms with Crippen LogP contribution in [-0.2, 0) is 0 Å². The molecule has 92 valence electrons. The number of halogens is 1. The lowest BCUT2D eigenvalue weighted by atomic mass is 10.1. The fraction of sp³-hybridized carbons (Fsp3) is 0.727. The Hall–Kier alpha value is -1.10. The van der Waals surface area contributed by atoms with Gasteiger partial charge < -0.3 is 9.64 Å². The van der Waals surface area contributed by atoms with Crippen LogP contribution in [0.3, 0.4) is 0 Å². The highest BCUT2D eigenvalue weighted by Crippen LogP contribution is 2.39. The average Bonchev–Trinajstić information content (AvgIpc) is 2.90. The Labute approximate surface area is 105 Å². The molecule has 3 rings (SSSR count). The summed E-state index contributed by atoms with van der Waals surface area (Å²) in [5, 5.41) is 0.209. The number of piperidine rings is 1. The molecule has 1 saturated carbocycles. The minimum absolute atomic E-state index is 0.209. The zero-order chi connectivity index (χ0) is 11.8. The standard InChI is InChI=1S/C11H15ClN4O/c1-2-17-11-14-9(12)13-10(15-11)16-6-7-3-4-8(16)5-7/h7-8H,2-6H2,1H3. The van der Waals surface area contributed by atoms with E-state index in [4.69, 9.17) is 16.3 Å². The van der Waals surface area contributed by atoms with E-state index in [1.54, 1.807) is 0 Å². The second-order valence-corrected chi connectivity index (χ2v) is 4.94. The van der Waals surface area contributed by atoms with Gasteiger partial charge in [-0.1, -0.05) is 0 Å². The van der Waals surface area contributed by atoms with Crippen LogP contribution in [0.5, 0.6) is 6.01 Å².